The Hall–Kier alpha value is -0.835. The molecule has 2 aliphatic rings. The van der Waals surface area contributed by atoms with Gasteiger partial charge in [0.1, 0.15) is 0 Å². The highest BCUT2D eigenvalue weighted by atomic mass is 16.6. The van der Waals surface area contributed by atoms with E-state index in [4.69, 9.17) is 9.31 Å². The number of hydrogen-bond donors (Lipinski definition) is 1. The fourth-order valence-electron chi connectivity index (χ4n) is 3.49. The lowest BCUT2D eigenvalue weighted by molar-refractivity contribution is -0.834. The molecule has 104 valence electrons. The Bertz CT molecular complexity index is 390. The Labute approximate surface area is 115 Å². The van der Waals surface area contributed by atoms with Gasteiger partial charge in [-0.25, -0.2) is 0 Å². The van der Waals surface area contributed by atoms with E-state index in [0.717, 1.165) is 38.9 Å². The molecular weight excluding hydrogens is 237 g/mol. The summed E-state index contributed by atoms with van der Waals surface area (Å²) in [6.07, 6.45) is 5.92. The standard InChI is InChI=1S/C15H24BNO2/c1-2-8-15(9-3-1)14-17-11-5-4-10-16(17)18-12-6-7-13-19-16/h1-3,8-9,17H,4-7,10-14H2. The van der Waals surface area contributed by atoms with Gasteiger partial charge in [-0.3, -0.25) is 0 Å². The van der Waals surface area contributed by atoms with Crippen LogP contribution >= 0.6 is 0 Å². The lowest BCUT2D eigenvalue weighted by Crippen LogP contribution is -3.23. The maximum Gasteiger partial charge on any atom is 0.471 e. The third kappa shape index (κ3) is 3.02. The lowest BCUT2D eigenvalue weighted by atomic mass is 9.61. The first-order chi connectivity index (χ1) is 9.39. The Morgan fingerprint density at radius 3 is 2.42 bits per heavy atom. The van der Waals surface area contributed by atoms with Crippen LogP contribution in [-0.4, -0.2) is 26.4 Å². The second-order valence-corrected chi connectivity index (χ2v) is 5.88. The highest BCUT2D eigenvalue weighted by Crippen LogP contribution is 2.19. The van der Waals surface area contributed by atoms with Crippen LogP contribution in [0.1, 0.15) is 31.2 Å². The summed E-state index contributed by atoms with van der Waals surface area (Å²) in [4.78, 5) is 1.51. The fourth-order valence-corrected chi connectivity index (χ4v) is 3.49. The molecule has 1 unspecified atom stereocenters. The van der Waals surface area contributed by atoms with E-state index in [2.05, 4.69) is 30.3 Å². The molecular formula is C15H24BNO2. The monoisotopic (exact) mass is 261 g/mol. The third-order valence-electron chi connectivity index (χ3n) is 4.54. The molecule has 1 aromatic carbocycles. The van der Waals surface area contributed by atoms with Crippen LogP contribution < -0.4 is 4.81 Å². The van der Waals surface area contributed by atoms with Crippen molar-refractivity contribution in [2.24, 2.45) is 0 Å². The van der Waals surface area contributed by atoms with Crippen molar-refractivity contribution in [1.29, 1.82) is 0 Å². The van der Waals surface area contributed by atoms with Gasteiger partial charge in [-0.1, -0.05) is 43.1 Å². The maximum absolute atomic E-state index is 6.22. The molecule has 3 rings (SSSR count). The SMILES string of the molecule is c1ccc(C[NH+]2CCCC[B-]23OCCCCO3)cc1. The number of rotatable bonds is 2. The minimum absolute atomic E-state index is 0.873. The molecule has 4 heteroatoms. The molecule has 2 saturated heterocycles. The van der Waals surface area contributed by atoms with Crippen LogP contribution in [0.4, 0.5) is 0 Å². The summed E-state index contributed by atoms with van der Waals surface area (Å²) in [5.41, 5.74) is 1.39. The highest BCUT2D eigenvalue weighted by molar-refractivity contribution is 6.58. The molecule has 19 heavy (non-hydrogen) atoms. The summed E-state index contributed by atoms with van der Waals surface area (Å²) in [5, 5.41) is 0. The van der Waals surface area contributed by atoms with E-state index in [-0.39, 0.29) is 0 Å². The van der Waals surface area contributed by atoms with Crippen molar-refractivity contribution in [3.8, 4) is 0 Å². The topological polar surface area (TPSA) is 22.9 Å². The summed E-state index contributed by atoms with van der Waals surface area (Å²) in [5.74, 6) is 0. The Morgan fingerprint density at radius 2 is 1.68 bits per heavy atom. The van der Waals surface area contributed by atoms with Gasteiger partial charge in [0, 0.05) is 25.3 Å². The van der Waals surface area contributed by atoms with Crippen molar-refractivity contribution in [2.45, 2.75) is 38.5 Å². The van der Waals surface area contributed by atoms with E-state index in [1.165, 1.54) is 29.8 Å². The number of hydrogen-bond acceptors (Lipinski definition) is 2. The average Bonchev–Trinajstić information content (AvgIpc) is 2.69. The van der Waals surface area contributed by atoms with E-state index >= 15 is 0 Å². The van der Waals surface area contributed by atoms with Gasteiger partial charge in [0.25, 0.3) is 0 Å². The van der Waals surface area contributed by atoms with Crippen LogP contribution in [0.5, 0.6) is 0 Å². The molecule has 1 aromatic rings. The molecule has 1 N–H and O–H groups in total. The number of benzene rings is 1. The minimum atomic E-state index is -1.11. The van der Waals surface area contributed by atoms with Gasteiger partial charge in [0.2, 0.25) is 0 Å². The lowest BCUT2D eigenvalue weighted by Gasteiger charge is -2.48. The molecule has 0 aromatic heterocycles. The Balaban J connectivity index is 1.76. The van der Waals surface area contributed by atoms with Crippen LogP contribution in [0, 0.1) is 0 Å². The van der Waals surface area contributed by atoms with Crippen molar-refractivity contribution in [3.05, 3.63) is 35.9 Å². The molecule has 0 amide bonds. The zero-order valence-corrected chi connectivity index (χ0v) is 11.6. The number of quaternary nitrogens is 1. The van der Waals surface area contributed by atoms with Gasteiger partial charge in [-0.05, 0) is 19.3 Å². The van der Waals surface area contributed by atoms with Gasteiger partial charge in [0.15, 0.2) is 0 Å². The summed E-state index contributed by atoms with van der Waals surface area (Å²) >= 11 is 0. The van der Waals surface area contributed by atoms with E-state index in [1.54, 1.807) is 0 Å². The van der Waals surface area contributed by atoms with Crippen LogP contribution in [0.15, 0.2) is 30.3 Å². The zero-order chi connectivity index (χ0) is 13.0. The van der Waals surface area contributed by atoms with E-state index in [9.17, 15) is 0 Å². The smallest absolute Gasteiger partial charge is 0.471 e. The van der Waals surface area contributed by atoms with Gasteiger partial charge < -0.3 is 14.1 Å². The van der Waals surface area contributed by atoms with Crippen molar-refractivity contribution in [2.75, 3.05) is 19.8 Å². The molecule has 0 aliphatic carbocycles. The predicted octanol–water partition coefficient (Wildman–Crippen LogP) is 1.63. The van der Waals surface area contributed by atoms with Crippen LogP contribution in [0.3, 0.4) is 0 Å². The van der Waals surface area contributed by atoms with Crippen molar-refractivity contribution in [3.63, 3.8) is 0 Å². The maximum atomic E-state index is 6.22. The molecule has 2 fully saturated rings. The Morgan fingerprint density at radius 1 is 0.947 bits per heavy atom. The first kappa shape index (κ1) is 13.2. The summed E-state index contributed by atoms with van der Waals surface area (Å²) in [7, 11) is 0. The van der Waals surface area contributed by atoms with Crippen molar-refractivity contribution < 1.29 is 14.1 Å². The second kappa shape index (κ2) is 6.08. The first-order valence-corrected chi connectivity index (χ1v) is 7.72. The van der Waals surface area contributed by atoms with Crippen LogP contribution in [0.2, 0.25) is 6.32 Å². The fraction of sp³-hybridized carbons (Fsp3) is 0.600. The van der Waals surface area contributed by atoms with Gasteiger partial charge in [-0.2, -0.15) is 0 Å². The van der Waals surface area contributed by atoms with E-state index in [0.29, 0.717) is 0 Å². The predicted molar refractivity (Wildman–Crippen MR) is 76.9 cm³/mol. The summed E-state index contributed by atoms with van der Waals surface area (Å²) < 4.78 is 12.4. The normalized spacial score (nSPS) is 27.1. The highest BCUT2D eigenvalue weighted by Gasteiger charge is 2.44. The van der Waals surface area contributed by atoms with Gasteiger partial charge in [0.05, 0.1) is 6.54 Å². The molecule has 0 bridgehead atoms. The Kier molecular flexibility index (Phi) is 4.21. The average molecular weight is 261 g/mol. The van der Waals surface area contributed by atoms with Crippen molar-refractivity contribution >= 4 is 6.69 Å². The van der Waals surface area contributed by atoms with Crippen LogP contribution in [-0.2, 0) is 15.9 Å². The van der Waals surface area contributed by atoms with E-state index in [1.807, 2.05) is 0 Å². The molecule has 0 saturated carbocycles. The quantitative estimate of drug-likeness (QED) is 0.818. The van der Waals surface area contributed by atoms with Crippen molar-refractivity contribution in [1.82, 2.24) is 0 Å². The van der Waals surface area contributed by atoms with E-state index < -0.39 is 6.69 Å². The summed E-state index contributed by atoms with van der Waals surface area (Å²) in [6, 6.07) is 10.7. The van der Waals surface area contributed by atoms with Gasteiger partial charge in [-0.15, -0.1) is 0 Å². The molecule has 3 nitrogen and oxygen atoms in total. The number of nitrogens with one attached hydrogen (secondary N) is 1. The van der Waals surface area contributed by atoms with Crippen LogP contribution in [0.25, 0.3) is 0 Å². The minimum Gasteiger partial charge on any atom is -0.514 e. The molecule has 0 radical (unpaired) electrons. The molecule has 1 atom stereocenters. The molecule has 2 aliphatic heterocycles. The molecule has 2 heterocycles. The summed E-state index contributed by atoms with van der Waals surface area (Å²) in [6.45, 7) is 2.84. The zero-order valence-electron chi connectivity index (χ0n) is 11.6. The largest absolute Gasteiger partial charge is 0.514 e. The molecule has 1 spiro atoms. The van der Waals surface area contributed by atoms with Gasteiger partial charge >= 0.3 is 6.69 Å². The first-order valence-electron chi connectivity index (χ1n) is 7.72. The second-order valence-electron chi connectivity index (χ2n) is 5.88. The third-order valence-corrected chi connectivity index (χ3v) is 4.54.